The molecule has 0 aliphatic heterocycles. The molecule has 3 aromatic rings. The third-order valence-electron chi connectivity index (χ3n) is 4.54. The predicted octanol–water partition coefficient (Wildman–Crippen LogP) is 1.88. The molecule has 0 saturated heterocycles. The average Bonchev–Trinajstić information content (AvgIpc) is 3.24. The number of carbonyl (C=O) groups is 1. The van der Waals surface area contributed by atoms with Gasteiger partial charge in [0.1, 0.15) is 6.33 Å². The summed E-state index contributed by atoms with van der Waals surface area (Å²) in [5.74, 6) is 0.311. The largest absolute Gasteiger partial charge is 0.467 e. The number of ether oxygens (including phenoxy) is 1. The van der Waals surface area contributed by atoms with Crippen LogP contribution in [0.1, 0.15) is 23.4 Å². The fourth-order valence-electron chi connectivity index (χ4n) is 3.17. The molecule has 0 fully saturated rings. The molecule has 25 heavy (non-hydrogen) atoms. The molecule has 2 heterocycles. The molecule has 0 spiro atoms. The molecule has 1 aromatic carbocycles. The first-order valence-electron chi connectivity index (χ1n) is 8.34. The number of aromatic nitrogens is 4. The van der Waals surface area contributed by atoms with E-state index in [1.165, 1.54) is 17.6 Å². The van der Waals surface area contributed by atoms with Crippen LogP contribution in [0.2, 0.25) is 0 Å². The van der Waals surface area contributed by atoms with Gasteiger partial charge < -0.3 is 9.64 Å². The zero-order valence-electron chi connectivity index (χ0n) is 14.0. The number of hydrogen-bond donors (Lipinski definition) is 1. The number of amides is 1. The van der Waals surface area contributed by atoms with Crippen molar-refractivity contribution in [3.63, 3.8) is 0 Å². The number of likely N-dealkylation sites (N-methyl/N-ethyl adjacent to an activating group) is 1. The summed E-state index contributed by atoms with van der Waals surface area (Å²) in [5.41, 5.74) is 4.22. The summed E-state index contributed by atoms with van der Waals surface area (Å²) >= 11 is 0. The highest BCUT2D eigenvalue weighted by Gasteiger charge is 2.21. The first kappa shape index (κ1) is 15.6. The number of para-hydroxylation sites is 1. The second-order valence-corrected chi connectivity index (χ2v) is 6.22. The number of benzene rings is 1. The Hall–Kier alpha value is -2.96. The molecule has 2 aromatic heterocycles. The molecule has 128 valence electrons. The number of aryl methyl sites for hydroxylation is 1. The third-order valence-corrected chi connectivity index (χ3v) is 4.54. The van der Waals surface area contributed by atoms with Crippen LogP contribution >= 0.6 is 0 Å². The molecular formula is C18H19N5O2. The van der Waals surface area contributed by atoms with E-state index >= 15 is 0 Å². The Morgan fingerprint density at radius 1 is 1.28 bits per heavy atom. The van der Waals surface area contributed by atoms with E-state index in [1.807, 2.05) is 24.3 Å². The molecule has 1 aliphatic rings. The normalized spacial score (nSPS) is 13.0. The molecule has 1 aliphatic carbocycles. The van der Waals surface area contributed by atoms with E-state index in [2.05, 4.69) is 20.2 Å². The summed E-state index contributed by atoms with van der Waals surface area (Å²) in [4.78, 5) is 22.4. The van der Waals surface area contributed by atoms with Crippen LogP contribution in [0.15, 0.2) is 30.6 Å². The molecule has 1 amide bonds. The van der Waals surface area contributed by atoms with Gasteiger partial charge in [-0.1, -0.05) is 12.1 Å². The van der Waals surface area contributed by atoms with Crippen LogP contribution < -0.4 is 4.74 Å². The standard InChI is InChI=1S/C18H19N5O2/c1-23(9-16-12-6-4-8-15(12)21-22-16)17(24)10-25-18-13-5-2-3-7-14(13)19-11-20-18/h2-3,5,7,11H,4,6,8-10H2,1H3,(H,21,22). The highest BCUT2D eigenvalue weighted by atomic mass is 16.5. The van der Waals surface area contributed by atoms with Crippen molar-refractivity contribution in [3.05, 3.63) is 47.5 Å². The van der Waals surface area contributed by atoms with Crippen molar-refractivity contribution < 1.29 is 9.53 Å². The third kappa shape index (κ3) is 3.05. The van der Waals surface area contributed by atoms with Gasteiger partial charge in [-0.05, 0) is 37.0 Å². The lowest BCUT2D eigenvalue weighted by atomic mass is 10.2. The van der Waals surface area contributed by atoms with E-state index in [1.54, 1.807) is 11.9 Å². The minimum absolute atomic E-state index is 0.0654. The number of hydrogen-bond acceptors (Lipinski definition) is 5. The highest BCUT2D eigenvalue weighted by molar-refractivity contribution is 5.84. The van der Waals surface area contributed by atoms with Crippen LogP contribution in [0, 0.1) is 0 Å². The number of H-pyrrole nitrogens is 1. The summed E-state index contributed by atoms with van der Waals surface area (Å²) in [7, 11) is 1.76. The van der Waals surface area contributed by atoms with E-state index in [-0.39, 0.29) is 12.5 Å². The van der Waals surface area contributed by atoms with Gasteiger partial charge in [0.05, 0.1) is 23.1 Å². The molecule has 0 bridgehead atoms. The maximum Gasteiger partial charge on any atom is 0.260 e. The van der Waals surface area contributed by atoms with Gasteiger partial charge in [-0.3, -0.25) is 9.89 Å². The van der Waals surface area contributed by atoms with Gasteiger partial charge in [0.2, 0.25) is 5.88 Å². The lowest BCUT2D eigenvalue weighted by molar-refractivity contribution is -0.132. The fourth-order valence-corrected chi connectivity index (χ4v) is 3.17. The molecule has 1 N–H and O–H groups in total. The number of nitrogens with one attached hydrogen (secondary N) is 1. The van der Waals surface area contributed by atoms with Gasteiger partial charge in [-0.2, -0.15) is 5.10 Å². The number of carbonyl (C=O) groups excluding carboxylic acids is 1. The van der Waals surface area contributed by atoms with Gasteiger partial charge in [-0.25, -0.2) is 9.97 Å². The van der Waals surface area contributed by atoms with Crippen LogP contribution in [0.5, 0.6) is 5.88 Å². The van der Waals surface area contributed by atoms with E-state index in [9.17, 15) is 4.79 Å². The Kier molecular flexibility index (Phi) is 4.05. The van der Waals surface area contributed by atoms with Gasteiger partial charge >= 0.3 is 0 Å². The van der Waals surface area contributed by atoms with Crippen LogP contribution in [0.25, 0.3) is 10.9 Å². The topological polar surface area (TPSA) is 84.0 Å². The second kappa shape index (κ2) is 6.51. The van der Waals surface area contributed by atoms with Gasteiger partial charge in [0.25, 0.3) is 5.91 Å². The molecule has 7 nitrogen and oxygen atoms in total. The lowest BCUT2D eigenvalue weighted by Crippen LogP contribution is -2.31. The van der Waals surface area contributed by atoms with Crippen molar-refractivity contribution in [3.8, 4) is 5.88 Å². The summed E-state index contributed by atoms with van der Waals surface area (Å²) < 4.78 is 5.64. The van der Waals surface area contributed by atoms with Crippen LogP contribution in [0.3, 0.4) is 0 Å². The van der Waals surface area contributed by atoms with E-state index in [0.29, 0.717) is 12.4 Å². The number of aromatic amines is 1. The van der Waals surface area contributed by atoms with Gasteiger partial charge in [0, 0.05) is 12.7 Å². The monoisotopic (exact) mass is 337 g/mol. The molecular weight excluding hydrogens is 318 g/mol. The van der Waals surface area contributed by atoms with Crippen molar-refractivity contribution in [2.45, 2.75) is 25.8 Å². The lowest BCUT2D eigenvalue weighted by Gasteiger charge is -2.17. The van der Waals surface area contributed by atoms with Crippen LogP contribution in [-0.2, 0) is 24.2 Å². The molecule has 0 atom stereocenters. The Morgan fingerprint density at radius 3 is 3.08 bits per heavy atom. The summed E-state index contributed by atoms with van der Waals surface area (Å²) in [5, 5.41) is 8.21. The minimum Gasteiger partial charge on any atom is -0.467 e. The molecule has 4 rings (SSSR count). The molecule has 0 unspecified atom stereocenters. The first-order valence-corrected chi connectivity index (χ1v) is 8.34. The van der Waals surface area contributed by atoms with Crippen LogP contribution in [-0.4, -0.2) is 44.6 Å². The van der Waals surface area contributed by atoms with Crippen molar-refractivity contribution in [2.24, 2.45) is 0 Å². The average molecular weight is 337 g/mol. The number of fused-ring (bicyclic) bond motifs is 2. The summed E-state index contributed by atoms with van der Waals surface area (Å²) in [6, 6.07) is 7.56. The predicted molar refractivity (Wildman–Crippen MR) is 92.1 cm³/mol. The molecule has 7 heteroatoms. The zero-order chi connectivity index (χ0) is 17.2. The molecule has 0 saturated carbocycles. The second-order valence-electron chi connectivity index (χ2n) is 6.22. The summed E-state index contributed by atoms with van der Waals surface area (Å²) in [6.07, 6.45) is 4.67. The number of nitrogens with zero attached hydrogens (tertiary/aromatic N) is 4. The maximum absolute atomic E-state index is 12.4. The van der Waals surface area contributed by atoms with Crippen LogP contribution in [0.4, 0.5) is 0 Å². The van der Waals surface area contributed by atoms with E-state index in [4.69, 9.17) is 4.74 Å². The van der Waals surface area contributed by atoms with Crippen molar-refractivity contribution in [2.75, 3.05) is 13.7 Å². The van der Waals surface area contributed by atoms with Crippen molar-refractivity contribution in [1.29, 1.82) is 0 Å². The Morgan fingerprint density at radius 2 is 2.16 bits per heavy atom. The van der Waals surface area contributed by atoms with Crippen molar-refractivity contribution in [1.82, 2.24) is 25.1 Å². The quantitative estimate of drug-likeness (QED) is 0.768. The Labute approximate surface area is 145 Å². The van der Waals surface area contributed by atoms with E-state index < -0.39 is 0 Å². The fraction of sp³-hybridized carbons (Fsp3) is 0.333. The Bertz CT molecular complexity index is 915. The summed E-state index contributed by atoms with van der Waals surface area (Å²) in [6.45, 7) is 0.419. The Balaban J connectivity index is 1.41. The van der Waals surface area contributed by atoms with E-state index in [0.717, 1.165) is 35.9 Å². The van der Waals surface area contributed by atoms with Crippen molar-refractivity contribution >= 4 is 16.8 Å². The highest BCUT2D eigenvalue weighted by Crippen LogP contribution is 2.24. The first-order chi connectivity index (χ1) is 12.2. The van der Waals surface area contributed by atoms with Gasteiger partial charge in [0.15, 0.2) is 6.61 Å². The maximum atomic E-state index is 12.4. The molecule has 0 radical (unpaired) electrons. The zero-order valence-corrected chi connectivity index (χ0v) is 14.0. The number of rotatable bonds is 5. The van der Waals surface area contributed by atoms with Gasteiger partial charge in [-0.15, -0.1) is 0 Å². The minimum atomic E-state index is -0.113. The smallest absolute Gasteiger partial charge is 0.260 e. The SMILES string of the molecule is CN(Cc1n[nH]c2c1CCC2)C(=O)COc1ncnc2ccccc12.